The average Bonchev–Trinajstić information content (AvgIpc) is 3.09. The summed E-state index contributed by atoms with van der Waals surface area (Å²) < 4.78 is 0. The van der Waals surface area contributed by atoms with Crippen molar-refractivity contribution in [3.63, 3.8) is 0 Å². The zero-order valence-corrected chi connectivity index (χ0v) is 8.84. The van der Waals surface area contributed by atoms with Crippen molar-refractivity contribution in [1.82, 2.24) is 0 Å². The standard InChI is InChI=1S/C12H15NO3/c13-9(11(15)16)10(14)12(6-7-12)8-4-2-1-3-5-8/h1-5,9-10,14H,6-7,13H2,(H,15,16). The SMILES string of the molecule is NC(C(=O)O)C(O)C1(c2ccccc2)CC1. The van der Waals surface area contributed by atoms with Crippen LogP contribution in [0.25, 0.3) is 0 Å². The molecule has 1 aromatic rings. The van der Waals surface area contributed by atoms with Crippen LogP contribution in [0.2, 0.25) is 0 Å². The Morgan fingerprint density at radius 3 is 2.31 bits per heavy atom. The average molecular weight is 221 g/mol. The van der Waals surface area contributed by atoms with Crippen molar-refractivity contribution in [1.29, 1.82) is 0 Å². The molecule has 2 unspecified atom stereocenters. The Bertz CT molecular complexity index is 387. The van der Waals surface area contributed by atoms with Crippen LogP contribution in [0.4, 0.5) is 0 Å². The highest BCUT2D eigenvalue weighted by Crippen LogP contribution is 2.51. The van der Waals surface area contributed by atoms with Crippen LogP contribution in [0.3, 0.4) is 0 Å². The minimum absolute atomic E-state index is 0.445. The first-order chi connectivity index (χ1) is 7.58. The third-order valence-electron chi connectivity index (χ3n) is 3.33. The molecule has 0 bridgehead atoms. The van der Waals surface area contributed by atoms with E-state index in [1.54, 1.807) is 0 Å². The van der Waals surface area contributed by atoms with E-state index in [-0.39, 0.29) is 0 Å². The van der Waals surface area contributed by atoms with E-state index in [1.807, 2.05) is 30.3 Å². The van der Waals surface area contributed by atoms with Gasteiger partial charge in [0.15, 0.2) is 0 Å². The van der Waals surface area contributed by atoms with Crippen molar-refractivity contribution in [2.75, 3.05) is 0 Å². The lowest BCUT2D eigenvalue weighted by Crippen LogP contribution is -2.48. The van der Waals surface area contributed by atoms with Gasteiger partial charge in [0.1, 0.15) is 6.04 Å². The molecule has 0 spiro atoms. The van der Waals surface area contributed by atoms with E-state index in [2.05, 4.69) is 0 Å². The highest BCUT2D eigenvalue weighted by molar-refractivity contribution is 5.74. The summed E-state index contributed by atoms with van der Waals surface area (Å²) in [5.74, 6) is -1.16. The number of aliphatic hydroxyl groups is 1. The van der Waals surface area contributed by atoms with Gasteiger partial charge in [0.25, 0.3) is 0 Å². The molecule has 1 aliphatic carbocycles. The molecule has 86 valence electrons. The van der Waals surface area contributed by atoms with Gasteiger partial charge in [0.2, 0.25) is 0 Å². The zero-order chi connectivity index (χ0) is 11.8. The Morgan fingerprint density at radius 1 is 1.31 bits per heavy atom. The van der Waals surface area contributed by atoms with Crippen LogP contribution in [0.5, 0.6) is 0 Å². The smallest absolute Gasteiger partial charge is 0.323 e. The molecule has 16 heavy (non-hydrogen) atoms. The first-order valence-corrected chi connectivity index (χ1v) is 5.30. The lowest BCUT2D eigenvalue weighted by atomic mass is 9.86. The van der Waals surface area contributed by atoms with Gasteiger partial charge in [0.05, 0.1) is 6.10 Å². The van der Waals surface area contributed by atoms with E-state index < -0.39 is 23.5 Å². The fourth-order valence-electron chi connectivity index (χ4n) is 2.14. The van der Waals surface area contributed by atoms with E-state index >= 15 is 0 Å². The van der Waals surface area contributed by atoms with Crippen molar-refractivity contribution in [2.24, 2.45) is 5.73 Å². The van der Waals surface area contributed by atoms with Gasteiger partial charge in [-0.15, -0.1) is 0 Å². The van der Waals surface area contributed by atoms with Crippen LogP contribution in [-0.4, -0.2) is 28.3 Å². The molecule has 0 aromatic heterocycles. The molecule has 0 radical (unpaired) electrons. The molecular weight excluding hydrogens is 206 g/mol. The molecular formula is C12H15NO3. The van der Waals surface area contributed by atoms with Crippen LogP contribution < -0.4 is 5.73 Å². The van der Waals surface area contributed by atoms with Gasteiger partial charge in [-0.25, -0.2) is 0 Å². The summed E-state index contributed by atoms with van der Waals surface area (Å²) in [6.45, 7) is 0. The minimum atomic E-state index is -1.22. The largest absolute Gasteiger partial charge is 0.480 e. The second-order valence-corrected chi connectivity index (χ2v) is 4.33. The molecule has 2 atom stereocenters. The summed E-state index contributed by atoms with van der Waals surface area (Å²) in [6, 6.07) is 8.25. The molecule has 0 aliphatic heterocycles. The molecule has 1 saturated carbocycles. The predicted molar refractivity (Wildman–Crippen MR) is 59.0 cm³/mol. The van der Waals surface area contributed by atoms with Gasteiger partial charge in [-0.1, -0.05) is 30.3 Å². The molecule has 0 heterocycles. The maximum Gasteiger partial charge on any atom is 0.323 e. The normalized spacial score (nSPS) is 21.1. The van der Waals surface area contributed by atoms with Crippen LogP contribution in [0, 0.1) is 0 Å². The van der Waals surface area contributed by atoms with Gasteiger partial charge >= 0.3 is 5.97 Å². The van der Waals surface area contributed by atoms with Gasteiger partial charge < -0.3 is 15.9 Å². The van der Waals surface area contributed by atoms with E-state index in [0.717, 1.165) is 18.4 Å². The molecule has 0 amide bonds. The predicted octanol–water partition coefficient (Wildman–Crippen LogP) is 0.491. The summed E-state index contributed by atoms with van der Waals surface area (Å²) in [7, 11) is 0. The van der Waals surface area contributed by atoms with Crippen molar-refractivity contribution in [2.45, 2.75) is 30.4 Å². The number of rotatable bonds is 4. The van der Waals surface area contributed by atoms with Gasteiger partial charge in [-0.05, 0) is 18.4 Å². The number of nitrogens with two attached hydrogens (primary N) is 1. The molecule has 0 saturated heterocycles. The highest BCUT2D eigenvalue weighted by atomic mass is 16.4. The van der Waals surface area contributed by atoms with Gasteiger partial charge in [-0.3, -0.25) is 4.79 Å². The minimum Gasteiger partial charge on any atom is -0.480 e. The summed E-state index contributed by atoms with van der Waals surface area (Å²) in [5, 5.41) is 18.8. The summed E-state index contributed by atoms with van der Waals surface area (Å²) in [6.07, 6.45) is 0.561. The summed E-state index contributed by atoms with van der Waals surface area (Å²) >= 11 is 0. The number of aliphatic carboxylic acids is 1. The number of hydrogen-bond donors (Lipinski definition) is 3. The van der Waals surface area contributed by atoms with Crippen LogP contribution >= 0.6 is 0 Å². The highest BCUT2D eigenvalue weighted by Gasteiger charge is 2.53. The molecule has 4 N–H and O–H groups in total. The number of aliphatic hydroxyl groups excluding tert-OH is 1. The van der Waals surface area contributed by atoms with Gasteiger partial charge in [0, 0.05) is 5.41 Å². The zero-order valence-electron chi connectivity index (χ0n) is 8.84. The molecule has 4 heteroatoms. The fourth-order valence-corrected chi connectivity index (χ4v) is 2.14. The topological polar surface area (TPSA) is 83.6 Å². The number of benzene rings is 1. The lowest BCUT2D eigenvalue weighted by molar-refractivity contribution is -0.141. The van der Waals surface area contributed by atoms with Crippen molar-refractivity contribution in [3.05, 3.63) is 35.9 Å². The second kappa shape index (κ2) is 3.88. The first kappa shape index (κ1) is 11.1. The number of carbonyl (C=O) groups is 1. The van der Waals surface area contributed by atoms with E-state index in [4.69, 9.17) is 10.8 Å². The Hall–Kier alpha value is -1.39. The first-order valence-electron chi connectivity index (χ1n) is 5.30. The Labute approximate surface area is 93.7 Å². The molecule has 1 aliphatic rings. The van der Waals surface area contributed by atoms with Crippen molar-refractivity contribution in [3.8, 4) is 0 Å². The molecule has 4 nitrogen and oxygen atoms in total. The summed E-state index contributed by atoms with van der Waals surface area (Å²) in [4.78, 5) is 10.8. The summed E-state index contributed by atoms with van der Waals surface area (Å²) in [5.41, 5.74) is 6.00. The Balaban J connectivity index is 2.24. The molecule has 2 rings (SSSR count). The number of hydrogen-bond acceptors (Lipinski definition) is 3. The second-order valence-electron chi connectivity index (χ2n) is 4.33. The number of carboxylic acid groups (broad SMARTS) is 1. The maximum atomic E-state index is 10.8. The van der Waals surface area contributed by atoms with Crippen molar-refractivity contribution >= 4 is 5.97 Å². The van der Waals surface area contributed by atoms with Crippen LogP contribution in [-0.2, 0) is 10.2 Å². The molecule has 1 aromatic carbocycles. The Kier molecular flexibility index (Phi) is 2.69. The Morgan fingerprint density at radius 2 is 1.88 bits per heavy atom. The van der Waals surface area contributed by atoms with Gasteiger partial charge in [-0.2, -0.15) is 0 Å². The van der Waals surface area contributed by atoms with Crippen molar-refractivity contribution < 1.29 is 15.0 Å². The fraction of sp³-hybridized carbons (Fsp3) is 0.417. The van der Waals surface area contributed by atoms with E-state index in [0.29, 0.717) is 0 Å². The quantitative estimate of drug-likeness (QED) is 0.691. The van der Waals surface area contributed by atoms with Crippen LogP contribution in [0.15, 0.2) is 30.3 Å². The third-order valence-corrected chi connectivity index (χ3v) is 3.33. The van der Waals surface area contributed by atoms with Crippen LogP contribution in [0.1, 0.15) is 18.4 Å². The number of carboxylic acids is 1. The monoisotopic (exact) mass is 221 g/mol. The van der Waals surface area contributed by atoms with E-state index in [9.17, 15) is 9.90 Å². The van der Waals surface area contributed by atoms with E-state index in [1.165, 1.54) is 0 Å². The lowest BCUT2D eigenvalue weighted by Gasteiger charge is -2.25. The third kappa shape index (κ3) is 1.70. The maximum absolute atomic E-state index is 10.8. The molecule has 1 fully saturated rings.